The lowest BCUT2D eigenvalue weighted by Crippen LogP contribution is -2.43. The highest BCUT2D eigenvalue weighted by atomic mass is 16.5. The molecular weight excluding hydrogens is 264 g/mol. The van der Waals surface area contributed by atoms with Gasteiger partial charge in [0.1, 0.15) is 11.5 Å². The van der Waals surface area contributed by atoms with E-state index in [1.807, 2.05) is 6.07 Å². The molecule has 0 spiro atoms. The van der Waals surface area contributed by atoms with Crippen LogP contribution in [0.3, 0.4) is 0 Å². The molecule has 1 aromatic rings. The van der Waals surface area contributed by atoms with Gasteiger partial charge in [0.25, 0.3) is 0 Å². The zero-order valence-electron chi connectivity index (χ0n) is 12.8. The minimum atomic E-state index is 0.372. The Bertz CT molecular complexity index is 472. The molecule has 2 saturated heterocycles. The van der Waals surface area contributed by atoms with E-state index in [-0.39, 0.29) is 0 Å². The predicted molar refractivity (Wildman–Crippen MR) is 83.7 cm³/mol. The second kappa shape index (κ2) is 6.67. The first-order valence-corrected chi connectivity index (χ1v) is 8.08. The predicted octanol–water partition coefficient (Wildman–Crippen LogP) is 2.36. The normalized spacial score (nSPS) is 26.9. The lowest BCUT2D eigenvalue weighted by molar-refractivity contribution is 0.144. The number of rotatable bonds is 4. The Labute approximate surface area is 127 Å². The lowest BCUT2D eigenvalue weighted by Gasteiger charge is -2.36. The van der Waals surface area contributed by atoms with Crippen molar-refractivity contribution in [3.63, 3.8) is 0 Å². The van der Waals surface area contributed by atoms with Crippen LogP contribution in [-0.4, -0.2) is 42.8 Å². The fourth-order valence-corrected chi connectivity index (χ4v) is 3.73. The summed E-state index contributed by atoms with van der Waals surface area (Å²) < 4.78 is 5.26. The molecule has 0 bridgehead atoms. The average Bonchev–Trinajstić information content (AvgIpc) is 3.04. The van der Waals surface area contributed by atoms with Crippen molar-refractivity contribution in [3.8, 4) is 11.5 Å². The number of phenols is 1. The third-order valence-electron chi connectivity index (χ3n) is 4.89. The summed E-state index contributed by atoms with van der Waals surface area (Å²) in [7, 11) is 1.67. The largest absolute Gasteiger partial charge is 0.508 e. The average molecular weight is 290 g/mol. The molecule has 2 aliphatic heterocycles. The van der Waals surface area contributed by atoms with Crippen LogP contribution in [-0.2, 0) is 6.54 Å². The SMILES string of the molecule is COc1ccc(O)c(CN2CCCC(C3CCCN3)C2)c1. The number of hydrogen-bond acceptors (Lipinski definition) is 4. The molecule has 4 heteroatoms. The first-order chi connectivity index (χ1) is 10.3. The van der Waals surface area contributed by atoms with E-state index in [0.717, 1.165) is 36.9 Å². The number of methoxy groups -OCH3 is 1. The highest BCUT2D eigenvalue weighted by Gasteiger charge is 2.29. The number of nitrogens with zero attached hydrogens (tertiary/aromatic N) is 1. The molecule has 2 aliphatic rings. The van der Waals surface area contributed by atoms with Gasteiger partial charge in [-0.1, -0.05) is 0 Å². The number of nitrogens with one attached hydrogen (secondary N) is 1. The Morgan fingerprint density at radius 2 is 2.24 bits per heavy atom. The smallest absolute Gasteiger partial charge is 0.120 e. The van der Waals surface area contributed by atoms with E-state index in [2.05, 4.69) is 10.2 Å². The summed E-state index contributed by atoms with van der Waals surface area (Å²) in [6.45, 7) is 4.25. The number of ether oxygens (including phenoxy) is 1. The summed E-state index contributed by atoms with van der Waals surface area (Å²) in [6.07, 6.45) is 5.23. The second-order valence-electron chi connectivity index (χ2n) is 6.33. The second-order valence-corrected chi connectivity index (χ2v) is 6.33. The van der Waals surface area contributed by atoms with E-state index < -0.39 is 0 Å². The van der Waals surface area contributed by atoms with Crippen LogP contribution in [0.4, 0.5) is 0 Å². The van der Waals surface area contributed by atoms with Gasteiger partial charge >= 0.3 is 0 Å². The van der Waals surface area contributed by atoms with Crippen LogP contribution in [0.1, 0.15) is 31.2 Å². The number of phenolic OH excluding ortho intramolecular Hbond substituents is 1. The monoisotopic (exact) mass is 290 g/mol. The molecule has 2 N–H and O–H groups in total. The molecule has 1 aromatic carbocycles. The Morgan fingerprint density at radius 3 is 3.00 bits per heavy atom. The standard InChI is InChI=1S/C17H26N2O2/c1-21-15-6-7-17(20)14(10-15)12-19-9-3-4-13(11-19)16-5-2-8-18-16/h6-7,10,13,16,18,20H,2-5,8-9,11-12H2,1H3. The number of benzene rings is 1. The first-order valence-electron chi connectivity index (χ1n) is 8.08. The van der Waals surface area contributed by atoms with Crippen LogP contribution in [0, 0.1) is 5.92 Å². The van der Waals surface area contributed by atoms with Crippen molar-refractivity contribution in [1.29, 1.82) is 0 Å². The Morgan fingerprint density at radius 1 is 1.33 bits per heavy atom. The maximum Gasteiger partial charge on any atom is 0.120 e. The molecule has 0 saturated carbocycles. The minimum Gasteiger partial charge on any atom is -0.508 e. The van der Waals surface area contributed by atoms with Gasteiger partial charge in [-0.25, -0.2) is 0 Å². The van der Waals surface area contributed by atoms with Crippen LogP contribution in [0.5, 0.6) is 11.5 Å². The molecule has 2 unspecified atom stereocenters. The van der Waals surface area contributed by atoms with Gasteiger partial charge in [-0.05, 0) is 62.9 Å². The van der Waals surface area contributed by atoms with Gasteiger partial charge in [0.2, 0.25) is 0 Å². The molecule has 0 aromatic heterocycles. The van der Waals surface area contributed by atoms with E-state index in [1.54, 1.807) is 19.2 Å². The molecule has 2 atom stereocenters. The number of likely N-dealkylation sites (tertiary alicyclic amines) is 1. The quantitative estimate of drug-likeness (QED) is 0.893. The van der Waals surface area contributed by atoms with Gasteiger partial charge in [-0.15, -0.1) is 0 Å². The molecular formula is C17H26N2O2. The summed E-state index contributed by atoms with van der Waals surface area (Å²) in [4.78, 5) is 2.47. The van der Waals surface area contributed by atoms with Gasteiger partial charge in [-0.2, -0.15) is 0 Å². The van der Waals surface area contributed by atoms with Crippen molar-refractivity contribution in [3.05, 3.63) is 23.8 Å². The summed E-state index contributed by atoms with van der Waals surface area (Å²) in [5, 5.41) is 13.7. The topological polar surface area (TPSA) is 44.7 Å². The fourth-order valence-electron chi connectivity index (χ4n) is 3.73. The summed E-state index contributed by atoms with van der Waals surface area (Å²) in [6, 6.07) is 6.19. The molecule has 116 valence electrons. The summed E-state index contributed by atoms with van der Waals surface area (Å²) in [5.74, 6) is 1.94. The van der Waals surface area contributed by atoms with Crippen molar-refractivity contribution in [1.82, 2.24) is 10.2 Å². The lowest BCUT2D eigenvalue weighted by atomic mass is 9.89. The molecule has 0 radical (unpaired) electrons. The Balaban J connectivity index is 1.64. The molecule has 4 nitrogen and oxygen atoms in total. The van der Waals surface area contributed by atoms with Crippen LogP contribution in [0.15, 0.2) is 18.2 Å². The fraction of sp³-hybridized carbons (Fsp3) is 0.647. The maximum atomic E-state index is 10.0. The van der Waals surface area contributed by atoms with Gasteiger partial charge in [-0.3, -0.25) is 4.90 Å². The zero-order valence-corrected chi connectivity index (χ0v) is 12.8. The van der Waals surface area contributed by atoms with Gasteiger partial charge in [0.15, 0.2) is 0 Å². The van der Waals surface area contributed by atoms with Crippen molar-refractivity contribution in [2.24, 2.45) is 5.92 Å². The van der Waals surface area contributed by atoms with Gasteiger partial charge in [0.05, 0.1) is 7.11 Å². The van der Waals surface area contributed by atoms with E-state index in [4.69, 9.17) is 4.74 Å². The van der Waals surface area contributed by atoms with Gasteiger partial charge < -0.3 is 15.2 Å². The van der Waals surface area contributed by atoms with E-state index in [0.29, 0.717) is 11.8 Å². The van der Waals surface area contributed by atoms with Crippen molar-refractivity contribution in [2.75, 3.05) is 26.7 Å². The molecule has 2 heterocycles. The molecule has 3 rings (SSSR count). The van der Waals surface area contributed by atoms with E-state index in [1.165, 1.54) is 32.2 Å². The summed E-state index contributed by atoms with van der Waals surface area (Å²) in [5.41, 5.74) is 0.967. The first kappa shape index (κ1) is 14.7. The maximum absolute atomic E-state index is 10.0. The van der Waals surface area contributed by atoms with Crippen LogP contribution >= 0.6 is 0 Å². The van der Waals surface area contributed by atoms with Crippen LogP contribution in [0.2, 0.25) is 0 Å². The minimum absolute atomic E-state index is 0.372. The van der Waals surface area contributed by atoms with E-state index >= 15 is 0 Å². The van der Waals surface area contributed by atoms with Crippen LogP contribution < -0.4 is 10.1 Å². The highest BCUT2D eigenvalue weighted by Crippen LogP contribution is 2.28. The molecule has 0 amide bonds. The van der Waals surface area contributed by atoms with Crippen LogP contribution in [0.25, 0.3) is 0 Å². The molecule has 21 heavy (non-hydrogen) atoms. The van der Waals surface area contributed by atoms with Crippen molar-refractivity contribution < 1.29 is 9.84 Å². The molecule has 2 fully saturated rings. The molecule has 0 aliphatic carbocycles. The van der Waals surface area contributed by atoms with E-state index in [9.17, 15) is 5.11 Å². The third-order valence-corrected chi connectivity index (χ3v) is 4.89. The third kappa shape index (κ3) is 3.50. The number of piperidine rings is 1. The zero-order chi connectivity index (χ0) is 14.7. The number of aromatic hydroxyl groups is 1. The highest BCUT2D eigenvalue weighted by molar-refractivity contribution is 5.39. The van der Waals surface area contributed by atoms with Gasteiger partial charge in [0, 0.05) is 24.7 Å². The number of hydrogen-bond donors (Lipinski definition) is 2. The van der Waals surface area contributed by atoms with Crippen molar-refractivity contribution >= 4 is 0 Å². The van der Waals surface area contributed by atoms with Crippen molar-refractivity contribution in [2.45, 2.75) is 38.3 Å². The Kier molecular flexibility index (Phi) is 4.66. The Hall–Kier alpha value is -1.26. The summed E-state index contributed by atoms with van der Waals surface area (Å²) >= 11 is 0.